The Morgan fingerprint density at radius 3 is 2.22 bits per heavy atom. The monoisotopic (exact) mass is 340 g/mol. The second-order valence-electron chi connectivity index (χ2n) is 5.54. The Hall–Kier alpha value is -2.09. The van der Waals surface area contributed by atoms with E-state index >= 15 is 0 Å². The number of hydrogen-bond donors (Lipinski definition) is 1. The van der Waals surface area contributed by atoms with Crippen molar-refractivity contribution < 1.29 is 22.7 Å². The van der Waals surface area contributed by atoms with E-state index in [-0.39, 0.29) is 17.8 Å². The van der Waals surface area contributed by atoms with Crippen LogP contribution in [0.1, 0.15) is 23.2 Å². The Morgan fingerprint density at radius 1 is 1.17 bits per heavy atom. The topological polar surface area (TPSA) is 92.8 Å². The quantitative estimate of drug-likeness (QED) is 0.828. The van der Waals surface area contributed by atoms with E-state index < -0.39 is 10.0 Å². The molecule has 1 aliphatic heterocycles. The summed E-state index contributed by atoms with van der Waals surface area (Å²) in [4.78, 5) is 25.6. The molecular weight excluding hydrogens is 320 g/mol. The molecule has 1 N–H and O–H groups in total. The van der Waals surface area contributed by atoms with Crippen molar-refractivity contribution in [3.8, 4) is 0 Å². The molecule has 1 aliphatic rings. The second-order valence-corrected chi connectivity index (χ2v) is 7.29. The lowest BCUT2D eigenvalue weighted by atomic mass is 9.96. The summed E-state index contributed by atoms with van der Waals surface area (Å²) in [5.41, 5.74) is 0.897. The first-order valence-corrected chi connectivity index (χ1v) is 9.14. The van der Waals surface area contributed by atoms with E-state index in [2.05, 4.69) is 4.72 Å². The van der Waals surface area contributed by atoms with Crippen molar-refractivity contribution in [2.24, 2.45) is 5.92 Å². The van der Waals surface area contributed by atoms with Crippen LogP contribution in [0.2, 0.25) is 0 Å². The molecule has 0 unspecified atom stereocenters. The first kappa shape index (κ1) is 17.3. The first-order valence-electron chi connectivity index (χ1n) is 7.25. The van der Waals surface area contributed by atoms with Gasteiger partial charge in [-0.2, -0.15) is 0 Å². The number of likely N-dealkylation sites (tertiary alicyclic amines) is 1. The molecular formula is C15H20N2O5S. The van der Waals surface area contributed by atoms with Gasteiger partial charge >= 0.3 is 5.97 Å². The summed E-state index contributed by atoms with van der Waals surface area (Å²) in [7, 11) is -1.97. The lowest BCUT2D eigenvalue weighted by molar-refractivity contribution is -0.146. The van der Waals surface area contributed by atoms with Crippen LogP contribution < -0.4 is 4.72 Å². The molecule has 1 saturated heterocycles. The van der Waals surface area contributed by atoms with Crippen molar-refractivity contribution in [1.29, 1.82) is 0 Å². The summed E-state index contributed by atoms with van der Waals surface area (Å²) >= 11 is 0. The Kier molecular flexibility index (Phi) is 5.25. The normalized spacial score (nSPS) is 16.0. The van der Waals surface area contributed by atoms with Gasteiger partial charge in [-0.1, -0.05) is 0 Å². The van der Waals surface area contributed by atoms with Gasteiger partial charge < -0.3 is 9.64 Å². The number of sulfonamides is 1. The minimum Gasteiger partial charge on any atom is -0.469 e. The van der Waals surface area contributed by atoms with Crippen molar-refractivity contribution >= 4 is 27.6 Å². The molecule has 0 aliphatic carbocycles. The summed E-state index contributed by atoms with van der Waals surface area (Å²) < 4.78 is 29.4. The van der Waals surface area contributed by atoms with Crippen LogP contribution in [-0.4, -0.2) is 51.6 Å². The van der Waals surface area contributed by atoms with E-state index in [9.17, 15) is 18.0 Å². The number of rotatable bonds is 4. The third kappa shape index (κ3) is 4.69. The number of ether oxygens (including phenoxy) is 1. The van der Waals surface area contributed by atoms with Crippen LogP contribution in [0.3, 0.4) is 0 Å². The number of methoxy groups -OCH3 is 1. The van der Waals surface area contributed by atoms with Crippen LogP contribution in [0.15, 0.2) is 24.3 Å². The van der Waals surface area contributed by atoms with Gasteiger partial charge in [-0.25, -0.2) is 8.42 Å². The number of benzene rings is 1. The molecule has 0 bridgehead atoms. The molecule has 0 radical (unpaired) electrons. The van der Waals surface area contributed by atoms with Crippen molar-refractivity contribution in [3.63, 3.8) is 0 Å². The van der Waals surface area contributed by atoms with E-state index in [1.165, 1.54) is 7.11 Å². The third-order valence-electron chi connectivity index (χ3n) is 3.75. The number of nitrogens with one attached hydrogen (secondary N) is 1. The van der Waals surface area contributed by atoms with Crippen LogP contribution in [0.5, 0.6) is 0 Å². The summed E-state index contributed by atoms with van der Waals surface area (Å²) in [5, 5.41) is 0. The van der Waals surface area contributed by atoms with Crippen LogP contribution in [0.25, 0.3) is 0 Å². The standard InChI is InChI=1S/C15H20N2O5S/c1-22-15(19)12-7-9-17(10-8-12)14(18)11-3-5-13(6-4-11)16-23(2,20)21/h3-6,12,16H,7-10H2,1-2H3. The molecule has 126 valence electrons. The number of nitrogens with zero attached hydrogens (tertiary/aromatic N) is 1. The summed E-state index contributed by atoms with van der Waals surface area (Å²) in [5.74, 6) is -0.502. The van der Waals surface area contributed by atoms with Crippen LogP contribution >= 0.6 is 0 Å². The minimum atomic E-state index is -3.34. The van der Waals surface area contributed by atoms with Crippen LogP contribution in [-0.2, 0) is 19.6 Å². The molecule has 1 heterocycles. The second kappa shape index (κ2) is 6.99. The van der Waals surface area contributed by atoms with Gasteiger partial charge in [0.05, 0.1) is 19.3 Å². The first-order chi connectivity index (χ1) is 10.8. The number of carbonyl (C=O) groups excluding carboxylic acids is 2. The van der Waals surface area contributed by atoms with E-state index in [1.807, 2.05) is 0 Å². The van der Waals surface area contributed by atoms with Gasteiger partial charge in [0, 0.05) is 24.3 Å². The molecule has 8 heteroatoms. The number of amides is 1. The molecule has 0 aromatic heterocycles. The molecule has 0 spiro atoms. The Bertz CT molecular complexity index is 676. The van der Waals surface area contributed by atoms with Gasteiger partial charge in [-0.15, -0.1) is 0 Å². The smallest absolute Gasteiger partial charge is 0.308 e. The number of hydrogen-bond acceptors (Lipinski definition) is 5. The summed E-state index contributed by atoms with van der Waals surface area (Å²) in [6, 6.07) is 6.27. The fourth-order valence-electron chi connectivity index (χ4n) is 2.56. The molecule has 0 saturated carbocycles. The minimum absolute atomic E-state index is 0.126. The maximum atomic E-state index is 12.4. The van der Waals surface area contributed by atoms with Gasteiger partial charge in [-0.3, -0.25) is 14.3 Å². The SMILES string of the molecule is COC(=O)C1CCN(C(=O)c2ccc(NS(C)(=O)=O)cc2)CC1. The molecule has 1 fully saturated rings. The lowest BCUT2D eigenvalue weighted by Crippen LogP contribution is -2.40. The van der Waals surface area contributed by atoms with E-state index in [0.717, 1.165) is 6.26 Å². The van der Waals surface area contributed by atoms with Crippen LogP contribution in [0, 0.1) is 5.92 Å². The molecule has 1 aromatic rings. The van der Waals surface area contributed by atoms with Crippen LogP contribution in [0.4, 0.5) is 5.69 Å². The maximum Gasteiger partial charge on any atom is 0.308 e. The van der Waals surface area contributed by atoms with Crippen molar-refractivity contribution in [3.05, 3.63) is 29.8 Å². The van der Waals surface area contributed by atoms with E-state index in [0.29, 0.717) is 37.2 Å². The molecule has 7 nitrogen and oxygen atoms in total. The van der Waals surface area contributed by atoms with Gasteiger partial charge in [0.15, 0.2) is 0 Å². The van der Waals surface area contributed by atoms with Crippen molar-refractivity contribution in [2.75, 3.05) is 31.2 Å². The summed E-state index contributed by atoms with van der Waals surface area (Å²) in [6.45, 7) is 1.00. The average Bonchev–Trinajstić information content (AvgIpc) is 2.53. The fourth-order valence-corrected chi connectivity index (χ4v) is 3.13. The number of esters is 1. The Balaban J connectivity index is 1.97. The predicted molar refractivity (Wildman–Crippen MR) is 85.6 cm³/mol. The highest BCUT2D eigenvalue weighted by molar-refractivity contribution is 7.92. The number of carbonyl (C=O) groups is 2. The lowest BCUT2D eigenvalue weighted by Gasteiger charge is -2.30. The number of anilines is 1. The Labute approximate surface area is 135 Å². The van der Waals surface area contributed by atoms with E-state index in [4.69, 9.17) is 4.74 Å². The molecule has 1 amide bonds. The zero-order valence-electron chi connectivity index (χ0n) is 13.1. The highest BCUT2D eigenvalue weighted by Crippen LogP contribution is 2.21. The summed E-state index contributed by atoms with van der Waals surface area (Å²) in [6.07, 6.45) is 2.25. The largest absolute Gasteiger partial charge is 0.469 e. The van der Waals surface area contributed by atoms with E-state index in [1.54, 1.807) is 29.2 Å². The predicted octanol–water partition coefficient (Wildman–Crippen LogP) is 1.08. The highest BCUT2D eigenvalue weighted by atomic mass is 32.2. The van der Waals surface area contributed by atoms with Crippen molar-refractivity contribution in [1.82, 2.24) is 4.90 Å². The number of piperidine rings is 1. The molecule has 2 rings (SSSR count). The molecule has 1 aromatic carbocycles. The fraction of sp³-hybridized carbons (Fsp3) is 0.467. The highest BCUT2D eigenvalue weighted by Gasteiger charge is 2.28. The third-order valence-corrected chi connectivity index (χ3v) is 4.36. The van der Waals surface area contributed by atoms with Crippen molar-refractivity contribution in [2.45, 2.75) is 12.8 Å². The van der Waals surface area contributed by atoms with Gasteiger partial charge in [-0.05, 0) is 37.1 Å². The van der Waals surface area contributed by atoms with Gasteiger partial charge in [0.2, 0.25) is 10.0 Å². The Morgan fingerprint density at radius 2 is 1.74 bits per heavy atom. The maximum absolute atomic E-state index is 12.4. The van der Waals surface area contributed by atoms with Gasteiger partial charge in [0.1, 0.15) is 0 Å². The zero-order valence-corrected chi connectivity index (χ0v) is 13.9. The van der Waals surface area contributed by atoms with Gasteiger partial charge in [0.25, 0.3) is 5.91 Å². The zero-order chi connectivity index (χ0) is 17.0. The molecule has 0 atom stereocenters. The molecule has 23 heavy (non-hydrogen) atoms. The average molecular weight is 340 g/mol.